The number of nitrogens with one attached hydrogen (secondary N) is 1. The number of benzene rings is 3. The van der Waals surface area contributed by atoms with Crippen molar-refractivity contribution >= 4 is 17.7 Å². The number of alkyl carbamates (subject to hydrolysis) is 1. The van der Waals surface area contributed by atoms with Crippen molar-refractivity contribution in [2.24, 2.45) is 17.8 Å². The summed E-state index contributed by atoms with van der Waals surface area (Å²) in [4.78, 5) is 30.2. The van der Waals surface area contributed by atoms with Crippen LogP contribution in [-0.4, -0.2) is 77.6 Å². The summed E-state index contributed by atoms with van der Waals surface area (Å²) in [6, 6.07) is 28.5. The highest BCUT2D eigenvalue weighted by molar-refractivity contribution is 5.89. The summed E-state index contributed by atoms with van der Waals surface area (Å²) in [6.07, 6.45) is 6.47. The number of rotatable bonds is 12. The quantitative estimate of drug-likeness (QED) is 0.174. The Balaban J connectivity index is 0.988. The number of nitrogens with zero attached hydrogens (tertiary/aromatic N) is 5. The molecule has 51 heavy (non-hydrogen) atoms. The van der Waals surface area contributed by atoms with E-state index in [0.717, 1.165) is 88.4 Å². The number of carbonyl (C=O) groups is 2. The van der Waals surface area contributed by atoms with Gasteiger partial charge in [0.2, 0.25) is 0 Å². The van der Waals surface area contributed by atoms with E-state index in [9.17, 15) is 9.59 Å². The summed E-state index contributed by atoms with van der Waals surface area (Å²) >= 11 is 0. The lowest BCUT2D eigenvalue weighted by molar-refractivity contribution is 0.00176. The van der Waals surface area contributed by atoms with Crippen LogP contribution in [-0.2, 0) is 28.0 Å². The van der Waals surface area contributed by atoms with Crippen LogP contribution in [0.4, 0.5) is 10.5 Å². The van der Waals surface area contributed by atoms with Crippen molar-refractivity contribution in [1.82, 2.24) is 25.0 Å². The average Bonchev–Trinajstić information content (AvgIpc) is 3.80. The average molecular weight is 691 g/mol. The summed E-state index contributed by atoms with van der Waals surface area (Å²) < 4.78 is 13.8. The minimum Gasteiger partial charge on any atom is -0.457 e. The Labute approximate surface area is 301 Å². The van der Waals surface area contributed by atoms with Crippen LogP contribution in [0, 0.1) is 24.7 Å². The molecule has 1 N–H and O–H groups in total. The molecule has 0 spiro atoms. The molecular formula is C41H50N6O4. The standard InChI is InChI=1S/C41H50N6O4/c1-30-44-43-29-47(30)28-41(34-12-7-4-8-13-34,37-14-9-15-38(37)51-40(49)42-2)35-20-22-45(23-21-35)24-32-25-46(26-32)36-18-16-33(17-19-36)39(48)50-27-31-10-5-3-6-11-31/h3-8,10-13,16-19,29,32,35,37-38H,9,14-15,20-28H2,1-2H3,(H,42,49)/t37-,38-,41+/m0/s1. The molecule has 1 aromatic heterocycles. The molecule has 2 aliphatic heterocycles. The molecule has 0 radical (unpaired) electrons. The number of amides is 1. The van der Waals surface area contributed by atoms with Gasteiger partial charge in [-0.1, -0.05) is 60.7 Å². The molecule has 3 atom stereocenters. The SMILES string of the molecule is CNC(=O)O[C@H]1CCC[C@@H]1[C@](Cn1cnnc1C)(c1ccccc1)C1CCN(CC2CN(c3ccc(C(=O)OCc4ccccc4)cc3)C2)CC1. The van der Waals surface area contributed by atoms with Gasteiger partial charge in [0.15, 0.2) is 0 Å². The lowest BCUT2D eigenvalue weighted by Gasteiger charge is -2.51. The third-order valence-electron chi connectivity index (χ3n) is 11.6. The van der Waals surface area contributed by atoms with Crippen LogP contribution in [0.5, 0.6) is 0 Å². The first-order valence-corrected chi connectivity index (χ1v) is 18.5. The topological polar surface area (TPSA) is 102 Å². The van der Waals surface area contributed by atoms with Gasteiger partial charge in [0.05, 0.1) is 5.56 Å². The summed E-state index contributed by atoms with van der Waals surface area (Å²) in [5, 5.41) is 11.3. The van der Waals surface area contributed by atoms with E-state index in [2.05, 4.69) is 60.2 Å². The van der Waals surface area contributed by atoms with Crippen LogP contribution < -0.4 is 10.2 Å². The Hall–Kier alpha value is -4.70. The van der Waals surface area contributed by atoms with Crippen LogP contribution in [0.3, 0.4) is 0 Å². The van der Waals surface area contributed by atoms with Gasteiger partial charge in [-0.3, -0.25) is 0 Å². The van der Waals surface area contributed by atoms with Crippen molar-refractivity contribution in [1.29, 1.82) is 0 Å². The third-order valence-corrected chi connectivity index (χ3v) is 11.6. The predicted octanol–water partition coefficient (Wildman–Crippen LogP) is 6.25. The first-order chi connectivity index (χ1) is 24.9. The fraction of sp³-hybridized carbons (Fsp3) is 0.463. The number of ether oxygens (including phenoxy) is 2. The zero-order chi connectivity index (χ0) is 35.2. The van der Waals surface area contributed by atoms with E-state index in [4.69, 9.17) is 9.47 Å². The molecule has 1 saturated carbocycles. The molecule has 268 valence electrons. The van der Waals surface area contributed by atoms with Crippen molar-refractivity contribution in [2.45, 2.75) is 63.7 Å². The first-order valence-electron chi connectivity index (χ1n) is 18.5. The van der Waals surface area contributed by atoms with E-state index in [1.165, 1.54) is 5.56 Å². The van der Waals surface area contributed by atoms with Gasteiger partial charge in [-0.25, -0.2) is 9.59 Å². The monoisotopic (exact) mass is 690 g/mol. The highest BCUT2D eigenvalue weighted by Gasteiger charge is 2.53. The smallest absolute Gasteiger partial charge is 0.407 e. The van der Waals surface area contributed by atoms with E-state index in [1.54, 1.807) is 7.05 Å². The second-order valence-corrected chi connectivity index (χ2v) is 14.6. The highest BCUT2D eigenvalue weighted by Crippen LogP contribution is 2.52. The van der Waals surface area contributed by atoms with Crippen LogP contribution in [0.1, 0.15) is 59.4 Å². The Morgan fingerprint density at radius 3 is 2.27 bits per heavy atom. The van der Waals surface area contributed by atoms with E-state index < -0.39 is 0 Å². The normalized spacial score (nSPS) is 21.1. The molecule has 1 amide bonds. The van der Waals surface area contributed by atoms with E-state index in [1.807, 2.05) is 67.8 Å². The number of piperidine rings is 1. The van der Waals surface area contributed by atoms with Crippen molar-refractivity contribution in [3.8, 4) is 0 Å². The van der Waals surface area contributed by atoms with Gasteiger partial charge in [-0.2, -0.15) is 0 Å². The van der Waals surface area contributed by atoms with Gasteiger partial charge >= 0.3 is 12.1 Å². The maximum absolute atomic E-state index is 12.6. The summed E-state index contributed by atoms with van der Waals surface area (Å²) in [5.74, 6) is 1.81. The van der Waals surface area contributed by atoms with Crippen molar-refractivity contribution in [3.05, 3.63) is 114 Å². The molecule has 0 unspecified atom stereocenters. The number of hydrogen-bond acceptors (Lipinski definition) is 8. The van der Waals surface area contributed by atoms with Crippen LogP contribution >= 0.6 is 0 Å². The molecule has 3 aliphatic rings. The van der Waals surface area contributed by atoms with Crippen molar-refractivity contribution in [3.63, 3.8) is 0 Å². The minimum atomic E-state index is -0.351. The lowest BCUT2D eigenvalue weighted by Crippen LogP contribution is -2.55. The maximum Gasteiger partial charge on any atom is 0.407 e. The van der Waals surface area contributed by atoms with Crippen molar-refractivity contribution in [2.75, 3.05) is 44.7 Å². The second kappa shape index (κ2) is 15.7. The molecule has 7 rings (SSSR count). The fourth-order valence-corrected chi connectivity index (χ4v) is 8.95. The minimum absolute atomic E-state index is 0.144. The highest BCUT2D eigenvalue weighted by atomic mass is 16.6. The molecule has 4 aromatic rings. The lowest BCUT2D eigenvalue weighted by atomic mass is 9.58. The third kappa shape index (κ3) is 7.66. The second-order valence-electron chi connectivity index (χ2n) is 14.6. The Morgan fingerprint density at radius 2 is 1.61 bits per heavy atom. The summed E-state index contributed by atoms with van der Waals surface area (Å²) in [7, 11) is 1.64. The number of anilines is 1. The van der Waals surface area contributed by atoms with E-state index >= 15 is 0 Å². The van der Waals surface area contributed by atoms with E-state index in [0.29, 0.717) is 17.4 Å². The Kier molecular flexibility index (Phi) is 10.7. The van der Waals surface area contributed by atoms with Gasteiger partial charge in [-0.15, -0.1) is 10.2 Å². The molecule has 0 bridgehead atoms. The number of aryl methyl sites for hydroxylation is 1. The van der Waals surface area contributed by atoms with Gasteiger partial charge in [0.1, 0.15) is 24.9 Å². The zero-order valence-electron chi connectivity index (χ0n) is 29.8. The van der Waals surface area contributed by atoms with Crippen LogP contribution in [0.2, 0.25) is 0 Å². The molecule has 3 fully saturated rings. The number of aromatic nitrogens is 3. The number of esters is 1. The van der Waals surface area contributed by atoms with E-state index in [-0.39, 0.29) is 36.1 Å². The van der Waals surface area contributed by atoms with Crippen LogP contribution in [0.15, 0.2) is 91.3 Å². The fourth-order valence-electron chi connectivity index (χ4n) is 8.95. The molecule has 2 saturated heterocycles. The van der Waals surface area contributed by atoms with Gasteiger partial charge in [0.25, 0.3) is 0 Å². The largest absolute Gasteiger partial charge is 0.457 e. The zero-order valence-corrected chi connectivity index (χ0v) is 29.8. The molecule has 1 aliphatic carbocycles. The molecule has 10 nitrogen and oxygen atoms in total. The molecule has 3 heterocycles. The first kappa shape index (κ1) is 34.7. The number of carbonyl (C=O) groups excluding carboxylic acids is 2. The Morgan fingerprint density at radius 1 is 0.902 bits per heavy atom. The van der Waals surface area contributed by atoms with Gasteiger partial charge in [0, 0.05) is 56.2 Å². The predicted molar refractivity (Wildman–Crippen MR) is 196 cm³/mol. The summed E-state index contributed by atoms with van der Waals surface area (Å²) in [6.45, 7) is 8.26. The van der Waals surface area contributed by atoms with Crippen LogP contribution in [0.25, 0.3) is 0 Å². The van der Waals surface area contributed by atoms with Crippen molar-refractivity contribution < 1.29 is 19.1 Å². The molecule has 3 aromatic carbocycles. The molecular weight excluding hydrogens is 640 g/mol. The number of hydrogen-bond donors (Lipinski definition) is 1. The van der Waals surface area contributed by atoms with Gasteiger partial charge < -0.3 is 29.2 Å². The summed E-state index contributed by atoms with van der Waals surface area (Å²) in [5.41, 5.74) is 3.78. The Bertz CT molecular complexity index is 1730. The maximum atomic E-state index is 12.6. The molecule has 10 heteroatoms. The van der Waals surface area contributed by atoms with Gasteiger partial charge in [-0.05, 0) is 93.4 Å². The number of likely N-dealkylation sites (tertiary alicyclic amines) is 1.